The van der Waals surface area contributed by atoms with Gasteiger partial charge in [0.25, 0.3) is 0 Å². The van der Waals surface area contributed by atoms with Gasteiger partial charge in [-0.1, -0.05) is 31.5 Å². The number of benzene rings is 2. The van der Waals surface area contributed by atoms with Crippen molar-refractivity contribution in [3.63, 3.8) is 0 Å². The number of pyridine rings is 1. The molecular weight excluding hydrogens is 376 g/mol. The Kier molecular flexibility index (Phi) is 6.70. The molecule has 0 unspecified atom stereocenters. The van der Waals surface area contributed by atoms with E-state index in [1.165, 1.54) is 5.69 Å². The predicted octanol–water partition coefficient (Wildman–Crippen LogP) is 5.14. The van der Waals surface area contributed by atoms with Gasteiger partial charge in [0.1, 0.15) is 18.1 Å². The maximum Gasteiger partial charge on any atom is 0.133 e. The van der Waals surface area contributed by atoms with Gasteiger partial charge in [-0.2, -0.15) is 0 Å². The summed E-state index contributed by atoms with van der Waals surface area (Å²) in [6.45, 7) is 8.73. The molecule has 0 spiro atoms. The third-order valence-corrected chi connectivity index (χ3v) is 5.49. The van der Waals surface area contributed by atoms with Crippen LogP contribution in [0.2, 0.25) is 0 Å². The van der Waals surface area contributed by atoms with Crippen LogP contribution in [-0.4, -0.2) is 37.9 Å². The molecule has 4 rings (SSSR count). The first-order chi connectivity index (χ1) is 14.8. The minimum absolute atomic E-state index is 0.410. The minimum Gasteiger partial charge on any atom is -0.493 e. The number of anilines is 1. The van der Waals surface area contributed by atoms with Crippen molar-refractivity contribution in [2.75, 3.05) is 37.8 Å². The molecule has 1 fully saturated rings. The summed E-state index contributed by atoms with van der Waals surface area (Å²) in [5.41, 5.74) is 4.07. The molecule has 0 bridgehead atoms. The normalized spacial score (nSPS) is 14.1. The average Bonchev–Trinajstić information content (AvgIpc) is 2.80. The number of para-hydroxylation sites is 1. The Hall–Kier alpha value is -2.79. The first-order valence-corrected chi connectivity index (χ1v) is 10.8. The molecule has 2 aromatic carbocycles. The molecular formula is C25H30N2O3. The van der Waals surface area contributed by atoms with Crippen LogP contribution in [0.3, 0.4) is 0 Å². The van der Waals surface area contributed by atoms with Crippen LogP contribution in [0.1, 0.15) is 31.0 Å². The number of fused-ring (bicyclic) bond motifs is 1. The van der Waals surface area contributed by atoms with Gasteiger partial charge in [0.2, 0.25) is 0 Å². The number of ether oxygens (including phenoxy) is 3. The van der Waals surface area contributed by atoms with E-state index in [0.717, 1.165) is 72.8 Å². The fourth-order valence-electron chi connectivity index (χ4n) is 3.71. The van der Waals surface area contributed by atoms with Crippen LogP contribution in [0.4, 0.5) is 5.69 Å². The Bertz CT molecular complexity index is 983. The molecule has 1 saturated heterocycles. The number of aromatic nitrogens is 1. The molecule has 158 valence electrons. The van der Waals surface area contributed by atoms with E-state index in [4.69, 9.17) is 19.2 Å². The van der Waals surface area contributed by atoms with Crippen molar-refractivity contribution in [1.29, 1.82) is 0 Å². The highest BCUT2D eigenvalue weighted by Crippen LogP contribution is 2.31. The second-order valence-electron chi connectivity index (χ2n) is 7.62. The molecule has 0 aliphatic carbocycles. The zero-order chi connectivity index (χ0) is 20.8. The third kappa shape index (κ3) is 4.68. The van der Waals surface area contributed by atoms with E-state index in [1.807, 2.05) is 30.3 Å². The van der Waals surface area contributed by atoms with Crippen LogP contribution in [0.25, 0.3) is 10.9 Å². The standard InChI is InChI=1S/C25H30N2O3/c1-3-4-14-29-25-19(2)24(26-23-11-6-5-10-22(23)25)18-30-21-9-7-8-20(17-21)27-12-15-28-16-13-27/h5-11,17H,3-4,12-16,18H2,1-2H3. The van der Waals surface area contributed by atoms with E-state index < -0.39 is 0 Å². The zero-order valence-electron chi connectivity index (χ0n) is 17.9. The second kappa shape index (κ2) is 9.81. The number of hydrogen-bond acceptors (Lipinski definition) is 5. The second-order valence-corrected chi connectivity index (χ2v) is 7.62. The Balaban J connectivity index is 1.54. The average molecular weight is 407 g/mol. The van der Waals surface area contributed by atoms with Gasteiger partial charge in [0, 0.05) is 35.8 Å². The van der Waals surface area contributed by atoms with Crippen molar-refractivity contribution < 1.29 is 14.2 Å². The molecule has 0 radical (unpaired) electrons. The predicted molar refractivity (Wildman–Crippen MR) is 121 cm³/mol. The monoisotopic (exact) mass is 406 g/mol. The summed E-state index contributed by atoms with van der Waals surface area (Å²) < 4.78 is 17.8. The van der Waals surface area contributed by atoms with Crippen molar-refractivity contribution in [3.05, 3.63) is 59.8 Å². The van der Waals surface area contributed by atoms with Crippen LogP contribution in [-0.2, 0) is 11.3 Å². The first-order valence-electron chi connectivity index (χ1n) is 10.8. The molecule has 1 aliphatic rings. The largest absolute Gasteiger partial charge is 0.493 e. The lowest BCUT2D eigenvalue weighted by Crippen LogP contribution is -2.36. The van der Waals surface area contributed by atoms with Crippen molar-refractivity contribution >= 4 is 16.6 Å². The Morgan fingerprint density at radius 3 is 2.70 bits per heavy atom. The smallest absolute Gasteiger partial charge is 0.133 e. The van der Waals surface area contributed by atoms with Gasteiger partial charge in [0.05, 0.1) is 31.0 Å². The number of rotatable bonds is 8. The number of morpholine rings is 1. The van der Waals surface area contributed by atoms with Gasteiger partial charge in [-0.25, -0.2) is 4.98 Å². The molecule has 3 aromatic rings. The van der Waals surface area contributed by atoms with E-state index in [9.17, 15) is 0 Å². The Morgan fingerprint density at radius 1 is 1.03 bits per heavy atom. The minimum atomic E-state index is 0.410. The SMILES string of the molecule is CCCCOc1c(C)c(COc2cccc(N3CCOCC3)c2)nc2ccccc12. The molecule has 1 aliphatic heterocycles. The van der Waals surface area contributed by atoms with E-state index in [2.05, 4.69) is 36.9 Å². The van der Waals surface area contributed by atoms with Gasteiger partial charge in [-0.15, -0.1) is 0 Å². The van der Waals surface area contributed by atoms with E-state index >= 15 is 0 Å². The number of nitrogens with zero attached hydrogens (tertiary/aromatic N) is 2. The van der Waals surface area contributed by atoms with Crippen LogP contribution in [0.15, 0.2) is 48.5 Å². The lowest BCUT2D eigenvalue weighted by Gasteiger charge is -2.29. The molecule has 1 aromatic heterocycles. The maximum atomic E-state index is 6.17. The Morgan fingerprint density at radius 2 is 1.87 bits per heavy atom. The maximum absolute atomic E-state index is 6.17. The van der Waals surface area contributed by atoms with Gasteiger partial charge in [-0.3, -0.25) is 0 Å². The van der Waals surface area contributed by atoms with Gasteiger partial charge in [-0.05, 0) is 37.6 Å². The van der Waals surface area contributed by atoms with Gasteiger partial charge < -0.3 is 19.1 Å². The molecule has 5 heteroatoms. The topological polar surface area (TPSA) is 43.8 Å². The summed E-state index contributed by atoms with van der Waals surface area (Å²) in [7, 11) is 0. The van der Waals surface area contributed by atoms with Gasteiger partial charge in [0.15, 0.2) is 0 Å². The lowest BCUT2D eigenvalue weighted by atomic mass is 10.1. The molecule has 2 heterocycles. The van der Waals surface area contributed by atoms with Crippen molar-refractivity contribution in [2.24, 2.45) is 0 Å². The van der Waals surface area contributed by atoms with Crippen LogP contribution >= 0.6 is 0 Å². The summed E-state index contributed by atoms with van der Waals surface area (Å²) in [4.78, 5) is 7.19. The molecule has 0 N–H and O–H groups in total. The van der Waals surface area contributed by atoms with Gasteiger partial charge >= 0.3 is 0 Å². The van der Waals surface area contributed by atoms with Crippen molar-refractivity contribution in [3.8, 4) is 11.5 Å². The molecule has 0 saturated carbocycles. The zero-order valence-corrected chi connectivity index (χ0v) is 17.9. The van der Waals surface area contributed by atoms with Crippen LogP contribution < -0.4 is 14.4 Å². The number of hydrogen-bond donors (Lipinski definition) is 0. The first kappa shape index (κ1) is 20.5. The highest BCUT2D eigenvalue weighted by atomic mass is 16.5. The molecule has 30 heavy (non-hydrogen) atoms. The lowest BCUT2D eigenvalue weighted by molar-refractivity contribution is 0.122. The highest BCUT2D eigenvalue weighted by Gasteiger charge is 2.15. The fraction of sp³-hybridized carbons (Fsp3) is 0.400. The summed E-state index contributed by atoms with van der Waals surface area (Å²) in [6, 6.07) is 16.4. The Labute approximate surface area is 178 Å². The van der Waals surface area contributed by atoms with Crippen molar-refractivity contribution in [1.82, 2.24) is 4.98 Å². The summed E-state index contributed by atoms with van der Waals surface area (Å²) in [5, 5.41) is 1.06. The summed E-state index contributed by atoms with van der Waals surface area (Å²) >= 11 is 0. The highest BCUT2D eigenvalue weighted by molar-refractivity contribution is 5.86. The van der Waals surface area contributed by atoms with Crippen LogP contribution in [0.5, 0.6) is 11.5 Å². The number of unbranched alkanes of at least 4 members (excludes halogenated alkanes) is 1. The van der Waals surface area contributed by atoms with E-state index in [-0.39, 0.29) is 0 Å². The van der Waals surface area contributed by atoms with Crippen LogP contribution in [0, 0.1) is 6.92 Å². The van der Waals surface area contributed by atoms with E-state index in [1.54, 1.807) is 0 Å². The quantitative estimate of drug-likeness (QED) is 0.485. The molecule has 0 atom stereocenters. The van der Waals surface area contributed by atoms with E-state index in [0.29, 0.717) is 13.2 Å². The summed E-state index contributed by atoms with van der Waals surface area (Å²) in [5.74, 6) is 1.77. The third-order valence-electron chi connectivity index (χ3n) is 5.49. The summed E-state index contributed by atoms with van der Waals surface area (Å²) in [6.07, 6.45) is 2.15. The fourth-order valence-corrected chi connectivity index (χ4v) is 3.71. The molecule has 0 amide bonds. The van der Waals surface area contributed by atoms with Crippen molar-refractivity contribution in [2.45, 2.75) is 33.3 Å². The molecule has 5 nitrogen and oxygen atoms in total.